The maximum atomic E-state index is 11.4. The van der Waals surface area contributed by atoms with Crippen LogP contribution in [0.25, 0.3) is 0 Å². The molecule has 0 bridgehead atoms. The van der Waals surface area contributed by atoms with Crippen molar-refractivity contribution in [1.29, 1.82) is 0 Å². The van der Waals surface area contributed by atoms with Crippen molar-refractivity contribution >= 4 is 24.7 Å². The number of carbonyl (C=O) groups excluding carboxylic acids is 1. The van der Waals surface area contributed by atoms with Crippen LogP contribution in [0.1, 0.15) is 27.7 Å². The molecule has 0 N–H and O–H groups in total. The van der Waals surface area contributed by atoms with Gasteiger partial charge in [-0.2, -0.15) is 0 Å². The van der Waals surface area contributed by atoms with Gasteiger partial charge in [-0.3, -0.25) is 0 Å². The molecule has 0 aliphatic rings. The molecule has 2 rings (SSSR count). The maximum Gasteiger partial charge on any atom is 0.330 e. The molecule has 0 radical (unpaired) electrons. The van der Waals surface area contributed by atoms with Crippen LogP contribution < -0.4 is 10.4 Å². The van der Waals surface area contributed by atoms with Gasteiger partial charge < -0.3 is 9.16 Å². The average molecular weight is 383 g/mol. The lowest BCUT2D eigenvalue weighted by Crippen LogP contribution is -2.66. The summed E-state index contributed by atoms with van der Waals surface area (Å²) < 4.78 is 11.5. The molecule has 144 valence electrons. The molecule has 1 atom stereocenters. The smallest absolute Gasteiger partial charge is 0.330 e. The quantitative estimate of drug-likeness (QED) is 0.413. The Morgan fingerprint density at radius 3 is 1.89 bits per heavy atom. The van der Waals surface area contributed by atoms with Crippen molar-refractivity contribution in [2.24, 2.45) is 5.92 Å². The van der Waals surface area contributed by atoms with E-state index < -0.39 is 8.32 Å². The zero-order valence-electron chi connectivity index (χ0n) is 16.9. The van der Waals surface area contributed by atoms with E-state index in [4.69, 9.17) is 4.43 Å². The van der Waals surface area contributed by atoms with Gasteiger partial charge in [0.25, 0.3) is 8.32 Å². The van der Waals surface area contributed by atoms with Gasteiger partial charge in [-0.1, -0.05) is 94.4 Å². The van der Waals surface area contributed by atoms with Crippen LogP contribution in [0.4, 0.5) is 0 Å². The summed E-state index contributed by atoms with van der Waals surface area (Å²) in [6.45, 7) is 9.37. The number of rotatable bonds is 7. The number of carbonyl (C=O) groups is 1. The Balaban J connectivity index is 2.44. The van der Waals surface area contributed by atoms with Gasteiger partial charge in [0.1, 0.15) is 0 Å². The second kappa shape index (κ2) is 9.15. The summed E-state index contributed by atoms with van der Waals surface area (Å²) in [5.41, 5.74) is 0. The number of benzene rings is 2. The van der Waals surface area contributed by atoms with Gasteiger partial charge in [0.2, 0.25) is 0 Å². The van der Waals surface area contributed by atoms with E-state index in [0.717, 1.165) is 0 Å². The van der Waals surface area contributed by atoms with E-state index in [2.05, 4.69) is 81.0 Å². The van der Waals surface area contributed by atoms with Crippen LogP contribution in [-0.2, 0) is 14.0 Å². The normalized spacial score (nSPS) is 13.5. The van der Waals surface area contributed by atoms with Gasteiger partial charge in [0.05, 0.1) is 7.11 Å². The van der Waals surface area contributed by atoms with Gasteiger partial charge in [-0.25, -0.2) is 4.79 Å². The van der Waals surface area contributed by atoms with Gasteiger partial charge >= 0.3 is 5.97 Å². The van der Waals surface area contributed by atoms with Crippen LogP contribution in [0, 0.1) is 5.92 Å². The number of hydrogen-bond acceptors (Lipinski definition) is 3. The number of esters is 1. The summed E-state index contributed by atoms with van der Waals surface area (Å²) >= 11 is 0. The third kappa shape index (κ3) is 4.96. The summed E-state index contributed by atoms with van der Waals surface area (Å²) in [5, 5.41) is 2.46. The van der Waals surface area contributed by atoms with E-state index >= 15 is 0 Å². The number of methoxy groups -OCH3 is 1. The van der Waals surface area contributed by atoms with Crippen LogP contribution in [0.2, 0.25) is 5.04 Å². The number of ether oxygens (including phenoxy) is 1. The highest BCUT2D eigenvalue weighted by Gasteiger charge is 2.50. The van der Waals surface area contributed by atoms with Crippen molar-refractivity contribution < 1.29 is 14.0 Å². The second-order valence-electron chi connectivity index (χ2n) is 7.83. The first-order chi connectivity index (χ1) is 12.8. The van der Waals surface area contributed by atoms with Crippen LogP contribution in [0.15, 0.2) is 72.8 Å². The zero-order valence-corrected chi connectivity index (χ0v) is 17.9. The monoisotopic (exact) mass is 382 g/mol. The first-order valence-corrected chi connectivity index (χ1v) is 11.2. The highest BCUT2D eigenvalue weighted by molar-refractivity contribution is 6.99. The molecule has 0 amide bonds. The summed E-state index contributed by atoms with van der Waals surface area (Å²) in [5.74, 6) is -0.238. The molecule has 2 aromatic carbocycles. The Kier molecular flexibility index (Phi) is 7.16. The first-order valence-electron chi connectivity index (χ1n) is 9.32. The van der Waals surface area contributed by atoms with E-state index in [1.54, 1.807) is 0 Å². The fourth-order valence-electron chi connectivity index (χ4n) is 3.38. The molecule has 0 fully saturated rings. The van der Waals surface area contributed by atoms with Gasteiger partial charge in [0, 0.05) is 12.7 Å². The lowest BCUT2D eigenvalue weighted by atomic mass is 10.2. The third-order valence-electron chi connectivity index (χ3n) is 4.74. The van der Waals surface area contributed by atoms with Crippen molar-refractivity contribution in [1.82, 2.24) is 0 Å². The van der Waals surface area contributed by atoms with E-state index in [0.29, 0.717) is 6.61 Å². The minimum absolute atomic E-state index is 0.0541. The average Bonchev–Trinajstić information content (AvgIpc) is 2.67. The van der Waals surface area contributed by atoms with Crippen LogP contribution in [-0.4, -0.2) is 28.0 Å². The molecule has 0 saturated heterocycles. The molecule has 0 saturated carbocycles. The van der Waals surface area contributed by atoms with Crippen molar-refractivity contribution in [3.8, 4) is 0 Å². The Morgan fingerprint density at radius 1 is 1.00 bits per heavy atom. The van der Waals surface area contributed by atoms with E-state index in [-0.39, 0.29) is 16.9 Å². The van der Waals surface area contributed by atoms with E-state index in [9.17, 15) is 4.79 Å². The molecule has 0 unspecified atom stereocenters. The van der Waals surface area contributed by atoms with Crippen LogP contribution in [0.5, 0.6) is 0 Å². The van der Waals surface area contributed by atoms with Crippen molar-refractivity contribution in [3.63, 3.8) is 0 Å². The van der Waals surface area contributed by atoms with E-state index in [1.165, 1.54) is 23.6 Å². The van der Waals surface area contributed by atoms with E-state index in [1.807, 2.05) is 18.2 Å². The fourth-order valence-corrected chi connectivity index (χ4v) is 8.05. The first kappa shape index (κ1) is 21.1. The molecular weight excluding hydrogens is 352 g/mol. The zero-order chi connectivity index (χ0) is 19.9. The van der Waals surface area contributed by atoms with Crippen LogP contribution >= 0.6 is 0 Å². The van der Waals surface area contributed by atoms with Crippen LogP contribution in [0.3, 0.4) is 0 Å². The van der Waals surface area contributed by atoms with Gasteiger partial charge in [-0.05, 0) is 21.3 Å². The highest BCUT2D eigenvalue weighted by atomic mass is 28.4. The molecule has 3 nitrogen and oxygen atoms in total. The molecule has 0 spiro atoms. The minimum atomic E-state index is -2.53. The predicted molar refractivity (Wildman–Crippen MR) is 114 cm³/mol. The molecule has 4 heteroatoms. The molecular formula is C23H30O3Si. The lowest BCUT2D eigenvalue weighted by molar-refractivity contribution is -0.134. The van der Waals surface area contributed by atoms with Gasteiger partial charge in [0.15, 0.2) is 0 Å². The maximum absolute atomic E-state index is 11.4. The summed E-state index contributed by atoms with van der Waals surface area (Å²) in [6.07, 6.45) is 3.32. The Morgan fingerprint density at radius 2 is 1.48 bits per heavy atom. The molecule has 2 aromatic rings. The predicted octanol–water partition coefficient (Wildman–Crippen LogP) is 3.93. The minimum Gasteiger partial charge on any atom is -0.466 e. The Labute approximate surface area is 164 Å². The van der Waals surface area contributed by atoms with Gasteiger partial charge in [-0.15, -0.1) is 0 Å². The van der Waals surface area contributed by atoms with Crippen molar-refractivity contribution in [3.05, 3.63) is 72.8 Å². The molecule has 0 aromatic heterocycles. The molecule has 0 heterocycles. The molecule has 0 aliphatic carbocycles. The lowest BCUT2D eigenvalue weighted by Gasteiger charge is -2.43. The fraction of sp³-hybridized carbons (Fsp3) is 0.348. The molecule has 0 aliphatic heterocycles. The Hall–Kier alpha value is -2.17. The third-order valence-corrected chi connectivity index (χ3v) is 9.75. The SMILES string of the molecule is COC(=O)/C=C/[C@H](C)CO[Si](c1ccccc1)(c1ccccc1)C(C)(C)C. The topological polar surface area (TPSA) is 35.5 Å². The highest BCUT2D eigenvalue weighted by Crippen LogP contribution is 2.37. The second-order valence-corrected chi connectivity index (χ2v) is 12.1. The largest absolute Gasteiger partial charge is 0.466 e. The standard InChI is InChI=1S/C23H30O3Si/c1-19(16-17-22(24)25-5)18-26-27(23(2,3)4,20-12-8-6-9-13-20)21-14-10-7-11-15-21/h6-17,19H,18H2,1-5H3/b17-16+/t19-/m0/s1. The molecule has 27 heavy (non-hydrogen) atoms. The Bertz CT molecular complexity index is 709. The van der Waals surface area contributed by atoms with Crippen molar-refractivity contribution in [2.75, 3.05) is 13.7 Å². The summed E-state index contributed by atoms with van der Waals surface area (Å²) in [7, 11) is -1.14. The summed E-state index contributed by atoms with van der Waals surface area (Å²) in [6, 6.07) is 21.1. The summed E-state index contributed by atoms with van der Waals surface area (Å²) in [4.78, 5) is 11.4. The number of hydrogen-bond donors (Lipinski definition) is 0. The van der Waals surface area contributed by atoms with Crippen molar-refractivity contribution in [2.45, 2.75) is 32.7 Å².